The predicted molar refractivity (Wildman–Crippen MR) is 112 cm³/mol. The molecule has 1 aliphatic rings. The minimum Gasteiger partial charge on any atom is -0.492 e. The van der Waals surface area contributed by atoms with Gasteiger partial charge in [0, 0.05) is 24.0 Å². The van der Waals surface area contributed by atoms with Crippen molar-refractivity contribution in [2.75, 3.05) is 23.4 Å². The van der Waals surface area contributed by atoms with Crippen LogP contribution in [-0.4, -0.2) is 24.0 Å². The molecule has 0 atom stereocenters. The van der Waals surface area contributed by atoms with Gasteiger partial charge < -0.3 is 15.0 Å². The Morgan fingerprint density at radius 1 is 1.14 bits per heavy atom. The van der Waals surface area contributed by atoms with E-state index in [1.54, 1.807) is 18.3 Å². The molecule has 1 aliphatic heterocycles. The lowest BCUT2D eigenvalue weighted by molar-refractivity contribution is 0.0985. The van der Waals surface area contributed by atoms with Gasteiger partial charge in [-0.15, -0.1) is 0 Å². The highest BCUT2D eigenvalue weighted by molar-refractivity contribution is 6.07. The van der Waals surface area contributed by atoms with Crippen molar-refractivity contribution < 1.29 is 9.53 Å². The average molecular weight is 373 g/mol. The summed E-state index contributed by atoms with van der Waals surface area (Å²) in [4.78, 5) is 19.4. The van der Waals surface area contributed by atoms with E-state index in [1.165, 1.54) is 5.56 Å². The monoisotopic (exact) mass is 373 g/mol. The number of pyridine rings is 1. The van der Waals surface area contributed by atoms with Crippen molar-refractivity contribution in [1.29, 1.82) is 0 Å². The van der Waals surface area contributed by atoms with E-state index in [1.807, 2.05) is 54.3 Å². The molecule has 142 valence electrons. The first-order valence-electron chi connectivity index (χ1n) is 9.61. The maximum Gasteiger partial charge on any atom is 0.258 e. The lowest BCUT2D eigenvalue weighted by Crippen LogP contribution is -2.35. The summed E-state index contributed by atoms with van der Waals surface area (Å²) in [6.45, 7) is 3.26. The standard InChI is InChI=1S/C23H23N3O2/c1-2-28-21-12-6-4-10-19(21)25-22-16-18(13-14-24-22)23(27)26-15-7-9-17-8-3-5-11-20(17)26/h3-6,8,10-14,16H,2,7,9,15H2,1H3,(H,24,25). The SMILES string of the molecule is CCOc1ccccc1Nc1cc(C(=O)N2CCCc3ccccc32)ccn1. The lowest BCUT2D eigenvalue weighted by atomic mass is 10.0. The topological polar surface area (TPSA) is 54.5 Å². The number of aryl methyl sites for hydroxylation is 1. The van der Waals surface area contributed by atoms with Gasteiger partial charge in [0.15, 0.2) is 0 Å². The number of rotatable bonds is 5. The number of hydrogen-bond acceptors (Lipinski definition) is 4. The highest BCUT2D eigenvalue weighted by Gasteiger charge is 2.23. The third-order valence-electron chi connectivity index (χ3n) is 4.81. The van der Waals surface area contributed by atoms with E-state index >= 15 is 0 Å². The van der Waals surface area contributed by atoms with Crippen LogP contribution in [0.25, 0.3) is 0 Å². The van der Waals surface area contributed by atoms with Gasteiger partial charge in [-0.1, -0.05) is 30.3 Å². The molecule has 5 heteroatoms. The molecule has 0 radical (unpaired) electrons. The Kier molecular flexibility index (Phi) is 5.24. The molecule has 1 N–H and O–H groups in total. The maximum absolute atomic E-state index is 13.2. The van der Waals surface area contributed by atoms with Gasteiger partial charge in [-0.3, -0.25) is 4.79 Å². The number of benzene rings is 2. The van der Waals surface area contributed by atoms with Crippen LogP contribution >= 0.6 is 0 Å². The molecule has 0 fully saturated rings. The fourth-order valence-electron chi connectivity index (χ4n) is 3.52. The summed E-state index contributed by atoms with van der Waals surface area (Å²) in [5.41, 5.74) is 3.67. The molecular weight excluding hydrogens is 350 g/mol. The van der Waals surface area contributed by atoms with Gasteiger partial charge in [0.2, 0.25) is 0 Å². The molecule has 28 heavy (non-hydrogen) atoms. The molecule has 2 heterocycles. The molecule has 5 nitrogen and oxygen atoms in total. The average Bonchev–Trinajstić information content (AvgIpc) is 2.75. The molecular formula is C23H23N3O2. The molecule has 0 bridgehead atoms. The van der Waals surface area contributed by atoms with E-state index < -0.39 is 0 Å². The number of fused-ring (bicyclic) bond motifs is 1. The van der Waals surface area contributed by atoms with E-state index in [-0.39, 0.29) is 5.91 Å². The number of para-hydroxylation sites is 3. The van der Waals surface area contributed by atoms with Crippen LogP contribution in [0.15, 0.2) is 66.9 Å². The quantitative estimate of drug-likeness (QED) is 0.697. The van der Waals surface area contributed by atoms with Crippen LogP contribution in [0.3, 0.4) is 0 Å². The number of carbonyl (C=O) groups is 1. The summed E-state index contributed by atoms with van der Waals surface area (Å²) >= 11 is 0. The summed E-state index contributed by atoms with van der Waals surface area (Å²) in [6.07, 6.45) is 3.65. The molecule has 0 saturated heterocycles. The van der Waals surface area contributed by atoms with Crippen molar-refractivity contribution in [3.8, 4) is 5.75 Å². The number of hydrogen-bond donors (Lipinski definition) is 1. The maximum atomic E-state index is 13.2. The minimum atomic E-state index is -0.00399. The van der Waals surface area contributed by atoms with Crippen LogP contribution in [0, 0.1) is 0 Å². The summed E-state index contributed by atoms with van der Waals surface area (Å²) in [5.74, 6) is 1.37. The van der Waals surface area contributed by atoms with Crippen LogP contribution in [0.5, 0.6) is 5.75 Å². The Balaban J connectivity index is 1.59. The molecule has 1 aromatic heterocycles. The first-order valence-corrected chi connectivity index (χ1v) is 9.61. The van der Waals surface area contributed by atoms with Gasteiger partial charge in [0.05, 0.1) is 12.3 Å². The second kappa shape index (κ2) is 8.13. The number of anilines is 3. The van der Waals surface area contributed by atoms with Gasteiger partial charge in [-0.05, 0) is 55.7 Å². The molecule has 4 rings (SSSR count). The van der Waals surface area contributed by atoms with Crippen LogP contribution in [-0.2, 0) is 6.42 Å². The highest BCUT2D eigenvalue weighted by atomic mass is 16.5. The van der Waals surface area contributed by atoms with Gasteiger partial charge >= 0.3 is 0 Å². The second-order valence-electron chi connectivity index (χ2n) is 6.67. The van der Waals surface area contributed by atoms with Gasteiger partial charge in [-0.2, -0.15) is 0 Å². The zero-order valence-electron chi connectivity index (χ0n) is 15.9. The fourth-order valence-corrected chi connectivity index (χ4v) is 3.52. The van der Waals surface area contributed by atoms with E-state index in [2.05, 4.69) is 16.4 Å². The fraction of sp³-hybridized carbons (Fsp3) is 0.217. The van der Waals surface area contributed by atoms with E-state index in [0.717, 1.165) is 36.5 Å². The summed E-state index contributed by atoms with van der Waals surface area (Å²) in [6, 6.07) is 19.4. The zero-order valence-corrected chi connectivity index (χ0v) is 15.9. The van der Waals surface area contributed by atoms with Crippen molar-refractivity contribution in [1.82, 2.24) is 4.98 Å². The Hall–Kier alpha value is -3.34. The van der Waals surface area contributed by atoms with Crippen molar-refractivity contribution in [2.24, 2.45) is 0 Å². The van der Waals surface area contributed by atoms with Gasteiger partial charge in [0.25, 0.3) is 5.91 Å². The van der Waals surface area contributed by atoms with Crippen molar-refractivity contribution in [3.63, 3.8) is 0 Å². The molecule has 0 saturated carbocycles. The highest BCUT2D eigenvalue weighted by Crippen LogP contribution is 2.29. The van der Waals surface area contributed by atoms with Crippen LogP contribution in [0.2, 0.25) is 0 Å². The third kappa shape index (κ3) is 3.69. The summed E-state index contributed by atoms with van der Waals surface area (Å²) < 4.78 is 5.66. The Bertz CT molecular complexity index is 987. The first kappa shape index (κ1) is 18.0. The molecule has 0 spiro atoms. The zero-order chi connectivity index (χ0) is 19.3. The number of nitrogens with zero attached hydrogens (tertiary/aromatic N) is 2. The molecule has 0 unspecified atom stereocenters. The largest absolute Gasteiger partial charge is 0.492 e. The number of carbonyl (C=O) groups excluding carboxylic acids is 1. The van der Waals surface area contributed by atoms with Crippen LogP contribution in [0.4, 0.5) is 17.2 Å². The van der Waals surface area contributed by atoms with E-state index in [0.29, 0.717) is 18.0 Å². The first-order chi connectivity index (χ1) is 13.8. The number of nitrogens with one attached hydrogen (secondary N) is 1. The minimum absolute atomic E-state index is 0.00399. The molecule has 1 amide bonds. The smallest absolute Gasteiger partial charge is 0.258 e. The van der Waals surface area contributed by atoms with Crippen LogP contribution in [0.1, 0.15) is 29.3 Å². The summed E-state index contributed by atoms with van der Waals surface area (Å²) in [5, 5.41) is 3.27. The number of amides is 1. The second-order valence-corrected chi connectivity index (χ2v) is 6.67. The predicted octanol–water partition coefficient (Wildman–Crippen LogP) is 4.82. The molecule has 3 aromatic rings. The van der Waals surface area contributed by atoms with Crippen molar-refractivity contribution >= 4 is 23.1 Å². The number of ether oxygens (including phenoxy) is 1. The van der Waals surface area contributed by atoms with Gasteiger partial charge in [-0.25, -0.2) is 4.98 Å². The third-order valence-corrected chi connectivity index (χ3v) is 4.81. The van der Waals surface area contributed by atoms with Crippen LogP contribution < -0.4 is 15.0 Å². The lowest BCUT2D eigenvalue weighted by Gasteiger charge is -2.29. The summed E-state index contributed by atoms with van der Waals surface area (Å²) in [7, 11) is 0. The van der Waals surface area contributed by atoms with Crippen molar-refractivity contribution in [3.05, 3.63) is 78.0 Å². The van der Waals surface area contributed by atoms with E-state index in [4.69, 9.17) is 4.74 Å². The molecule has 2 aromatic carbocycles. The Morgan fingerprint density at radius 3 is 2.86 bits per heavy atom. The van der Waals surface area contributed by atoms with Crippen molar-refractivity contribution in [2.45, 2.75) is 19.8 Å². The van der Waals surface area contributed by atoms with Gasteiger partial charge in [0.1, 0.15) is 11.6 Å². The van der Waals surface area contributed by atoms with E-state index in [9.17, 15) is 4.79 Å². The Labute approximate surface area is 165 Å². The Morgan fingerprint density at radius 2 is 1.96 bits per heavy atom. The molecule has 0 aliphatic carbocycles. The normalized spacial score (nSPS) is 13.0. The number of aromatic nitrogens is 1.